The predicted molar refractivity (Wildman–Crippen MR) is 127 cm³/mol. The van der Waals surface area contributed by atoms with Gasteiger partial charge in [0.1, 0.15) is 29.0 Å². The van der Waals surface area contributed by atoms with Gasteiger partial charge in [0.25, 0.3) is 0 Å². The van der Waals surface area contributed by atoms with E-state index in [1.54, 1.807) is 31.4 Å². The summed E-state index contributed by atoms with van der Waals surface area (Å²) in [5.41, 5.74) is 2.28. The number of hydrogen-bond acceptors (Lipinski definition) is 8. The number of hydrogen-bond donors (Lipinski definition) is 2. The van der Waals surface area contributed by atoms with E-state index in [9.17, 15) is 14.4 Å². The van der Waals surface area contributed by atoms with Crippen LogP contribution < -0.4 is 15.5 Å². The van der Waals surface area contributed by atoms with Crippen LogP contribution in [0, 0.1) is 0 Å². The number of piperazine rings is 1. The molecule has 3 heterocycles. The number of nitrogens with one attached hydrogen (secondary N) is 2. The third-order valence-corrected chi connectivity index (χ3v) is 5.24. The Balaban J connectivity index is 1.72. The zero-order valence-corrected chi connectivity index (χ0v) is 19.3. The Morgan fingerprint density at radius 2 is 2.09 bits per heavy atom. The van der Waals surface area contributed by atoms with Gasteiger partial charge in [0, 0.05) is 62.8 Å². The molecule has 3 rings (SSSR count). The number of carbonyl (C=O) groups is 2. The summed E-state index contributed by atoms with van der Waals surface area (Å²) in [5.74, 6) is 2.71. The summed E-state index contributed by atoms with van der Waals surface area (Å²) in [5, 5.41) is 5.99. The van der Waals surface area contributed by atoms with Crippen molar-refractivity contribution in [3.05, 3.63) is 47.4 Å². The van der Waals surface area contributed by atoms with Crippen LogP contribution in [0.25, 0.3) is 0 Å². The third-order valence-electron chi connectivity index (χ3n) is 5.24. The zero-order valence-electron chi connectivity index (χ0n) is 19.3. The molecule has 0 aromatic carbocycles. The van der Waals surface area contributed by atoms with Crippen LogP contribution in [0.4, 0.5) is 22.1 Å². The van der Waals surface area contributed by atoms with Gasteiger partial charge < -0.3 is 10.2 Å². The van der Waals surface area contributed by atoms with Crippen LogP contribution in [0.15, 0.2) is 36.2 Å². The first-order chi connectivity index (χ1) is 15.8. The minimum Gasteiger partial charge on any atom is -0.383 e. The first kappa shape index (κ1) is 23.9. The minimum absolute atomic E-state index is 0.220. The fraction of sp³-hybridized carbons (Fsp3) is 0.391. The van der Waals surface area contributed by atoms with E-state index in [4.69, 9.17) is 0 Å². The predicted octanol–water partition coefficient (Wildman–Crippen LogP) is 2.24. The maximum atomic E-state index is 12.7. The summed E-state index contributed by atoms with van der Waals surface area (Å²) < 4.78 is 0. The van der Waals surface area contributed by atoms with Gasteiger partial charge in [0.05, 0.1) is 0 Å². The Bertz CT molecular complexity index is 1070. The molecule has 2 aromatic heterocycles. The average molecular weight is 452 g/mol. The normalized spacial score (nSPS) is 14.1. The first-order valence-corrected chi connectivity index (χ1v) is 10.7. The fourth-order valence-corrected chi connectivity index (χ4v) is 3.47. The molecular weight excluding hydrogens is 422 g/mol. The van der Waals surface area contributed by atoms with Crippen molar-refractivity contribution in [2.45, 2.75) is 26.4 Å². The number of amides is 2. The van der Waals surface area contributed by atoms with Crippen molar-refractivity contribution in [3.63, 3.8) is 0 Å². The number of carbonyl (C=O) groups excluding carboxylic acids is 3. The van der Waals surface area contributed by atoms with Crippen molar-refractivity contribution >= 4 is 35.6 Å². The summed E-state index contributed by atoms with van der Waals surface area (Å²) in [4.78, 5) is 49.6. The Labute approximate surface area is 193 Å². The molecule has 2 N–H and O–H groups in total. The van der Waals surface area contributed by atoms with Crippen molar-refractivity contribution in [1.82, 2.24) is 19.8 Å². The zero-order chi connectivity index (χ0) is 24.0. The van der Waals surface area contributed by atoms with Gasteiger partial charge in [-0.05, 0) is 33.0 Å². The van der Waals surface area contributed by atoms with Crippen molar-refractivity contribution in [2.24, 2.45) is 0 Å². The van der Waals surface area contributed by atoms with Crippen LogP contribution >= 0.6 is 0 Å². The molecule has 0 saturated carbocycles. The molecule has 10 nitrogen and oxygen atoms in total. The fourth-order valence-electron chi connectivity index (χ4n) is 3.47. The molecule has 1 aliphatic rings. The molecule has 0 aliphatic carbocycles. The minimum atomic E-state index is -0.438. The SMILES string of the molecule is CC(C)Nc1ccnc(NC(=O)N(C)c2ccc(CN3CCN(C)CC3=C=O)c(C=O)n2)c1. The van der Waals surface area contributed by atoms with Gasteiger partial charge >= 0.3 is 6.03 Å². The highest BCUT2D eigenvalue weighted by molar-refractivity contribution is 6.00. The second-order valence-corrected chi connectivity index (χ2v) is 8.26. The lowest BCUT2D eigenvalue weighted by molar-refractivity contribution is 0.111. The molecule has 0 bridgehead atoms. The quantitative estimate of drug-likeness (QED) is 0.487. The van der Waals surface area contributed by atoms with E-state index in [-0.39, 0.29) is 11.7 Å². The molecule has 0 atom stereocenters. The first-order valence-electron chi connectivity index (χ1n) is 10.7. The van der Waals surface area contributed by atoms with Crippen molar-refractivity contribution < 1.29 is 14.4 Å². The number of rotatable bonds is 7. The lowest BCUT2D eigenvalue weighted by Gasteiger charge is -2.34. The third kappa shape index (κ3) is 6.15. The molecule has 2 amide bonds. The summed E-state index contributed by atoms with van der Waals surface area (Å²) in [7, 11) is 3.51. The summed E-state index contributed by atoms with van der Waals surface area (Å²) in [6.45, 7) is 6.38. The van der Waals surface area contributed by atoms with Crippen LogP contribution in [0.1, 0.15) is 29.9 Å². The molecule has 33 heavy (non-hydrogen) atoms. The molecule has 174 valence electrons. The van der Waals surface area contributed by atoms with Gasteiger partial charge in [-0.25, -0.2) is 19.6 Å². The van der Waals surface area contributed by atoms with Crippen LogP contribution in [-0.4, -0.2) is 77.8 Å². The Kier molecular flexibility index (Phi) is 7.76. The van der Waals surface area contributed by atoms with E-state index >= 15 is 0 Å². The molecule has 0 radical (unpaired) electrons. The maximum absolute atomic E-state index is 12.7. The van der Waals surface area contributed by atoms with Gasteiger partial charge in [-0.2, -0.15) is 0 Å². The Morgan fingerprint density at radius 1 is 1.30 bits per heavy atom. The van der Waals surface area contributed by atoms with Crippen LogP contribution in [0.2, 0.25) is 0 Å². The van der Waals surface area contributed by atoms with E-state index in [1.165, 1.54) is 4.90 Å². The standard InChI is InChI=1S/C23H29N7O3/c1-16(2)25-18-7-8-24-21(11-18)27-23(33)29(4)22-6-5-17(20(15-32)26-22)12-30-10-9-28(3)13-19(30)14-31/h5-8,11,15-16H,9-10,12-13H2,1-4H3,(H2,24,25,27,33). The van der Waals surface area contributed by atoms with Crippen LogP contribution in [0.3, 0.4) is 0 Å². The van der Waals surface area contributed by atoms with Crippen molar-refractivity contribution in [1.29, 1.82) is 0 Å². The summed E-state index contributed by atoms with van der Waals surface area (Å²) in [6, 6.07) is 6.79. The number of nitrogens with zero attached hydrogens (tertiary/aromatic N) is 5. The molecule has 2 aromatic rings. The highest BCUT2D eigenvalue weighted by Gasteiger charge is 2.22. The van der Waals surface area contributed by atoms with Gasteiger partial charge in [0.2, 0.25) is 0 Å². The number of anilines is 3. The Hall–Kier alpha value is -3.75. The largest absolute Gasteiger partial charge is 0.383 e. The summed E-state index contributed by atoms with van der Waals surface area (Å²) >= 11 is 0. The second kappa shape index (κ2) is 10.7. The number of likely N-dealkylation sites (N-methyl/N-ethyl adjacent to an activating group) is 1. The molecule has 1 aliphatic heterocycles. The monoisotopic (exact) mass is 451 g/mol. The number of pyridine rings is 2. The lowest BCUT2D eigenvalue weighted by atomic mass is 10.1. The van der Waals surface area contributed by atoms with E-state index in [1.807, 2.05) is 42.7 Å². The summed E-state index contributed by atoms with van der Waals surface area (Å²) in [6.07, 6.45) is 2.27. The van der Waals surface area contributed by atoms with E-state index in [0.29, 0.717) is 48.8 Å². The highest BCUT2D eigenvalue weighted by Crippen LogP contribution is 2.20. The average Bonchev–Trinajstić information content (AvgIpc) is 2.79. The lowest BCUT2D eigenvalue weighted by Crippen LogP contribution is -2.42. The van der Waals surface area contributed by atoms with Crippen LogP contribution in [0.5, 0.6) is 0 Å². The Morgan fingerprint density at radius 3 is 2.79 bits per heavy atom. The topological polar surface area (TPSA) is 111 Å². The highest BCUT2D eigenvalue weighted by atomic mass is 16.2. The number of aromatic nitrogens is 2. The molecule has 0 spiro atoms. The number of urea groups is 1. The van der Waals surface area contributed by atoms with Crippen LogP contribution in [-0.2, 0) is 11.3 Å². The van der Waals surface area contributed by atoms with Gasteiger partial charge in [-0.3, -0.25) is 19.9 Å². The molecule has 1 fully saturated rings. The van der Waals surface area contributed by atoms with E-state index < -0.39 is 6.03 Å². The second-order valence-electron chi connectivity index (χ2n) is 8.26. The van der Waals surface area contributed by atoms with Crippen molar-refractivity contribution in [3.8, 4) is 0 Å². The maximum Gasteiger partial charge on any atom is 0.328 e. The van der Waals surface area contributed by atoms with Gasteiger partial charge in [-0.1, -0.05) is 6.07 Å². The molecule has 0 unspecified atom stereocenters. The molecular formula is C23H29N7O3. The van der Waals surface area contributed by atoms with E-state index in [0.717, 1.165) is 12.2 Å². The number of aldehydes is 1. The molecule has 1 saturated heterocycles. The van der Waals surface area contributed by atoms with Gasteiger partial charge in [0.15, 0.2) is 6.29 Å². The smallest absolute Gasteiger partial charge is 0.328 e. The molecule has 10 heteroatoms. The van der Waals surface area contributed by atoms with E-state index in [2.05, 4.69) is 20.6 Å². The van der Waals surface area contributed by atoms with Gasteiger partial charge in [-0.15, -0.1) is 0 Å². The van der Waals surface area contributed by atoms with Crippen molar-refractivity contribution in [2.75, 3.05) is 49.3 Å².